The molecule has 0 aliphatic carbocycles. The van der Waals surface area contributed by atoms with E-state index < -0.39 is 0 Å². The van der Waals surface area contributed by atoms with Crippen LogP contribution in [0.15, 0.2) is 114 Å². The summed E-state index contributed by atoms with van der Waals surface area (Å²) in [5, 5.41) is 7.07. The molecule has 5 aromatic rings. The number of thiocarbonyl (C=S) groups is 1. The van der Waals surface area contributed by atoms with E-state index in [1.165, 1.54) is 0 Å². The molecule has 216 valence electrons. The van der Waals surface area contributed by atoms with Gasteiger partial charge in [0.25, 0.3) is 5.91 Å². The lowest BCUT2D eigenvalue weighted by Gasteiger charge is -2.28. The fourth-order valence-corrected chi connectivity index (χ4v) is 6.35. The van der Waals surface area contributed by atoms with Gasteiger partial charge in [-0.25, -0.2) is 0 Å². The zero-order valence-corrected chi connectivity index (χ0v) is 26.1. The molecule has 2 aromatic heterocycles. The third-order valence-electron chi connectivity index (χ3n) is 7.50. The molecule has 0 radical (unpaired) electrons. The van der Waals surface area contributed by atoms with Gasteiger partial charge in [0.1, 0.15) is 5.75 Å². The molecule has 6 rings (SSSR count). The molecule has 3 heterocycles. The van der Waals surface area contributed by atoms with E-state index in [0.717, 1.165) is 38.5 Å². The molecule has 9 heteroatoms. The first-order valence-electron chi connectivity index (χ1n) is 13.9. The second-order valence-electron chi connectivity index (χ2n) is 10.3. The lowest BCUT2D eigenvalue weighted by molar-refractivity contribution is -0.118. The van der Waals surface area contributed by atoms with Crippen molar-refractivity contribution in [2.75, 3.05) is 16.8 Å². The van der Waals surface area contributed by atoms with E-state index in [4.69, 9.17) is 21.9 Å². The third kappa shape index (κ3) is 6.04. The molecule has 0 bridgehead atoms. The summed E-state index contributed by atoms with van der Waals surface area (Å²) >= 11 is 9.56. The van der Waals surface area contributed by atoms with Crippen molar-refractivity contribution in [2.24, 2.45) is 0 Å². The molecule has 3 aromatic carbocycles. The van der Waals surface area contributed by atoms with Gasteiger partial charge in [-0.05, 0) is 104 Å². The Morgan fingerprint density at radius 3 is 2.44 bits per heavy atom. The quantitative estimate of drug-likeness (QED) is 0.170. The topological polar surface area (TPSA) is 71.4 Å². The van der Waals surface area contributed by atoms with Crippen molar-refractivity contribution in [2.45, 2.75) is 25.9 Å². The Morgan fingerprint density at radius 2 is 1.72 bits per heavy atom. The van der Waals surface area contributed by atoms with Crippen LogP contribution in [0, 0.1) is 13.8 Å². The largest absolute Gasteiger partial charge is 0.484 e. The van der Waals surface area contributed by atoms with Crippen molar-refractivity contribution in [3.05, 3.63) is 136 Å². The Kier molecular flexibility index (Phi) is 8.26. The van der Waals surface area contributed by atoms with E-state index in [0.29, 0.717) is 16.5 Å². The highest BCUT2D eigenvalue weighted by molar-refractivity contribution is 9.10. The number of pyridine rings is 1. The summed E-state index contributed by atoms with van der Waals surface area (Å²) in [6, 6.07) is 33.1. The first-order chi connectivity index (χ1) is 20.9. The molecule has 1 aliphatic rings. The minimum Gasteiger partial charge on any atom is -0.484 e. The van der Waals surface area contributed by atoms with Gasteiger partial charge in [-0.15, -0.1) is 0 Å². The lowest BCUT2D eigenvalue weighted by atomic mass is 9.96. The fourth-order valence-electron chi connectivity index (χ4n) is 5.62. The highest BCUT2D eigenvalue weighted by Gasteiger charge is 2.42. The van der Waals surface area contributed by atoms with Crippen LogP contribution in [0.3, 0.4) is 0 Å². The summed E-state index contributed by atoms with van der Waals surface area (Å²) in [5.74, 6) is 0.416. The molecule has 2 N–H and O–H groups in total. The number of nitrogens with zero attached hydrogens (tertiary/aromatic N) is 3. The molecule has 0 spiro atoms. The lowest BCUT2D eigenvalue weighted by Crippen LogP contribution is -2.29. The van der Waals surface area contributed by atoms with E-state index in [9.17, 15) is 4.79 Å². The standard InChI is InChI=1S/C34H30BrN5O2S/c1-22-19-29(23(2)39(22)27-10-8-9-24(35)20-27)33-32(30-13-6-7-18-36-30)38-34(43)40(33)26-16-14-25(15-17-26)37-31(41)21-42-28-11-4-3-5-12-28/h3-20,32-33H,21H2,1-2H3,(H,37,41)(H,38,43)/t32-,33-/m0/s1. The van der Waals surface area contributed by atoms with Gasteiger partial charge < -0.3 is 24.8 Å². The number of para-hydroxylation sites is 1. The summed E-state index contributed by atoms with van der Waals surface area (Å²) in [5.41, 5.74) is 6.98. The van der Waals surface area contributed by atoms with E-state index >= 15 is 0 Å². The van der Waals surface area contributed by atoms with Crippen LogP contribution in [-0.2, 0) is 4.79 Å². The summed E-state index contributed by atoms with van der Waals surface area (Å²) in [4.78, 5) is 19.4. The van der Waals surface area contributed by atoms with Crippen molar-refractivity contribution in [3.8, 4) is 11.4 Å². The normalized spacial score (nSPS) is 16.2. The number of rotatable bonds is 8. The van der Waals surface area contributed by atoms with Crippen molar-refractivity contribution in [1.29, 1.82) is 0 Å². The Morgan fingerprint density at radius 1 is 0.953 bits per heavy atom. The predicted molar refractivity (Wildman–Crippen MR) is 178 cm³/mol. The average molecular weight is 653 g/mol. The molecule has 1 amide bonds. The van der Waals surface area contributed by atoms with Crippen LogP contribution in [-0.4, -0.2) is 27.2 Å². The summed E-state index contributed by atoms with van der Waals surface area (Å²) in [6.07, 6.45) is 1.81. The van der Waals surface area contributed by atoms with Crippen LogP contribution in [0.5, 0.6) is 5.75 Å². The number of amides is 1. The van der Waals surface area contributed by atoms with Gasteiger partial charge >= 0.3 is 0 Å². The molecule has 7 nitrogen and oxygen atoms in total. The number of anilines is 2. The van der Waals surface area contributed by atoms with Crippen LogP contribution in [0.4, 0.5) is 11.4 Å². The zero-order valence-electron chi connectivity index (χ0n) is 23.7. The number of benzene rings is 3. The maximum absolute atomic E-state index is 12.5. The number of carbonyl (C=O) groups excluding carboxylic acids is 1. The van der Waals surface area contributed by atoms with Gasteiger partial charge in [0, 0.05) is 39.1 Å². The van der Waals surface area contributed by atoms with E-state index in [1.54, 1.807) is 0 Å². The van der Waals surface area contributed by atoms with Crippen LogP contribution < -0.4 is 20.3 Å². The van der Waals surface area contributed by atoms with E-state index in [-0.39, 0.29) is 24.6 Å². The smallest absolute Gasteiger partial charge is 0.262 e. The van der Waals surface area contributed by atoms with Crippen LogP contribution >= 0.6 is 28.1 Å². The van der Waals surface area contributed by atoms with Crippen molar-refractivity contribution >= 4 is 50.5 Å². The molecular formula is C34H30BrN5O2S. The van der Waals surface area contributed by atoms with Gasteiger partial charge in [-0.3, -0.25) is 9.78 Å². The van der Waals surface area contributed by atoms with Gasteiger partial charge in [0.05, 0.1) is 17.8 Å². The maximum Gasteiger partial charge on any atom is 0.262 e. The minimum absolute atomic E-state index is 0.0761. The first kappa shape index (κ1) is 28.6. The number of aryl methyl sites for hydroxylation is 1. The molecule has 2 atom stereocenters. The summed E-state index contributed by atoms with van der Waals surface area (Å²) in [7, 11) is 0. The van der Waals surface area contributed by atoms with E-state index in [2.05, 4.69) is 68.1 Å². The van der Waals surface area contributed by atoms with Crippen LogP contribution in [0.25, 0.3) is 5.69 Å². The number of ether oxygens (including phenoxy) is 1. The van der Waals surface area contributed by atoms with Crippen LogP contribution in [0.1, 0.15) is 34.7 Å². The fraction of sp³-hybridized carbons (Fsp3) is 0.147. The third-order valence-corrected chi connectivity index (χ3v) is 8.30. The number of nitrogens with one attached hydrogen (secondary N) is 2. The summed E-state index contributed by atoms with van der Waals surface area (Å²) < 4.78 is 8.87. The van der Waals surface area contributed by atoms with E-state index in [1.807, 2.05) is 91.1 Å². The molecule has 0 saturated carbocycles. The second-order valence-corrected chi connectivity index (χ2v) is 11.6. The Bertz CT molecular complexity index is 1760. The molecule has 43 heavy (non-hydrogen) atoms. The molecule has 1 fully saturated rings. The van der Waals surface area contributed by atoms with Crippen molar-refractivity contribution < 1.29 is 9.53 Å². The number of aromatic nitrogens is 2. The van der Waals surface area contributed by atoms with Gasteiger partial charge in [0.15, 0.2) is 11.7 Å². The molecular weight excluding hydrogens is 622 g/mol. The Labute approximate surface area is 264 Å². The molecule has 0 unspecified atom stereocenters. The number of hydrogen-bond acceptors (Lipinski definition) is 4. The zero-order chi connectivity index (χ0) is 29.9. The van der Waals surface area contributed by atoms with Crippen molar-refractivity contribution in [1.82, 2.24) is 14.9 Å². The number of carbonyl (C=O) groups is 1. The van der Waals surface area contributed by atoms with Gasteiger partial charge in [0.2, 0.25) is 0 Å². The molecule has 1 aliphatic heterocycles. The molecule has 1 saturated heterocycles. The first-order valence-corrected chi connectivity index (χ1v) is 15.1. The summed E-state index contributed by atoms with van der Waals surface area (Å²) in [6.45, 7) is 4.19. The Balaban J connectivity index is 1.31. The highest BCUT2D eigenvalue weighted by atomic mass is 79.9. The minimum atomic E-state index is -0.233. The highest BCUT2D eigenvalue weighted by Crippen LogP contribution is 2.44. The van der Waals surface area contributed by atoms with Crippen molar-refractivity contribution in [3.63, 3.8) is 0 Å². The monoisotopic (exact) mass is 651 g/mol. The second kappa shape index (κ2) is 12.4. The van der Waals surface area contributed by atoms with Crippen LogP contribution in [0.2, 0.25) is 0 Å². The number of halogens is 1. The maximum atomic E-state index is 12.5. The Hall–Kier alpha value is -4.47. The van der Waals surface area contributed by atoms with Gasteiger partial charge in [-0.1, -0.05) is 46.3 Å². The van der Waals surface area contributed by atoms with Gasteiger partial charge in [-0.2, -0.15) is 0 Å². The predicted octanol–water partition coefficient (Wildman–Crippen LogP) is 7.45. The number of hydrogen-bond donors (Lipinski definition) is 2. The SMILES string of the molecule is Cc1cc([C@H]2[C@H](c3ccccn3)NC(=S)N2c2ccc(NC(=O)COc3ccccc3)cc2)c(C)n1-c1cccc(Br)c1. The average Bonchev–Trinajstić information content (AvgIpc) is 3.52.